The Balaban J connectivity index is 1.88. The Morgan fingerprint density at radius 1 is 1.13 bits per heavy atom. The zero-order chi connectivity index (χ0) is 22.2. The summed E-state index contributed by atoms with van der Waals surface area (Å²) >= 11 is 6.29. The van der Waals surface area contributed by atoms with Gasteiger partial charge in [0.15, 0.2) is 27.1 Å². The molecule has 31 heavy (non-hydrogen) atoms. The number of hydrogen-bond acceptors (Lipinski definition) is 6. The maximum absolute atomic E-state index is 14.0. The normalized spacial score (nSPS) is 11.7. The first-order valence-electron chi connectivity index (χ1n) is 9.10. The van der Waals surface area contributed by atoms with Gasteiger partial charge >= 0.3 is 6.01 Å². The first-order valence-corrected chi connectivity index (χ1v) is 11.3. The van der Waals surface area contributed by atoms with Crippen LogP contribution in [0.5, 0.6) is 11.8 Å². The number of H-pyrrole nitrogens is 1. The second kappa shape index (κ2) is 8.20. The van der Waals surface area contributed by atoms with Crippen molar-refractivity contribution in [2.45, 2.75) is 12.7 Å². The minimum atomic E-state index is -3.50. The molecule has 0 saturated heterocycles. The van der Waals surface area contributed by atoms with Crippen molar-refractivity contribution in [1.29, 1.82) is 0 Å². The Bertz CT molecular complexity index is 1390. The van der Waals surface area contributed by atoms with Crippen LogP contribution in [0.4, 0.5) is 8.78 Å². The van der Waals surface area contributed by atoms with Crippen molar-refractivity contribution >= 4 is 32.5 Å². The zero-order valence-corrected chi connectivity index (χ0v) is 17.6. The van der Waals surface area contributed by atoms with Gasteiger partial charge in [-0.05, 0) is 18.2 Å². The van der Waals surface area contributed by atoms with Crippen LogP contribution in [0.15, 0.2) is 42.5 Å². The van der Waals surface area contributed by atoms with Gasteiger partial charge in [-0.25, -0.2) is 17.2 Å². The lowest BCUT2D eigenvalue weighted by atomic mass is 10.1. The summed E-state index contributed by atoms with van der Waals surface area (Å²) in [6.45, 7) is 1.52. The van der Waals surface area contributed by atoms with Gasteiger partial charge in [-0.3, -0.25) is 5.10 Å². The largest absolute Gasteiger partial charge is 0.421 e. The summed E-state index contributed by atoms with van der Waals surface area (Å²) in [7, 11) is -3.50. The number of ether oxygens (including phenoxy) is 1. The third kappa shape index (κ3) is 4.35. The SMILES string of the molecule is CCS(=O)(=O)Cc1nc(Oc2ccc(F)cc2F)nc2n[nH]c(-c3ccccc3Cl)c12. The van der Waals surface area contributed by atoms with E-state index in [1.54, 1.807) is 24.3 Å². The van der Waals surface area contributed by atoms with E-state index in [-0.39, 0.29) is 28.9 Å². The summed E-state index contributed by atoms with van der Waals surface area (Å²) in [6.07, 6.45) is 0. The van der Waals surface area contributed by atoms with Crippen LogP contribution in [0.25, 0.3) is 22.3 Å². The second-order valence-corrected chi connectivity index (χ2v) is 9.34. The topological polar surface area (TPSA) is 97.8 Å². The smallest absolute Gasteiger partial charge is 0.324 e. The molecule has 160 valence electrons. The summed E-state index contributed by atoms with van der Waals surface area (Å²) in [4.78, 5) is 8.36. The van der Waals surface area contributed by atoms with E-state index in [1.165, 1.54) is 6.92 Å². The van der Waals surface area contributed by atoms with Crippen molar-refractivity contribution < 1.29 is 21.9 Å². The predicted octanol–water partition coefficient (Wildman–Crippen LogP) is 4.68. The van der Waals surface area contributed by atoms with Crippen LogP contribution < -0.4 is 4.74 Å². The molecule has 7 nitrogen and oxygen atoms in total. The fourth-order valence-corrected chi connectivity index (χ4v) is 4.01. The van der Waals surface area contributed by atoms with Gasteiger partial charge in [-0.1, -0.05) is 36.7 Å². The molecule has 0 fully saturated rings. The summed E-state index contributed by atoms with van der Waals surface area (Å²) in [5, 5.41) is 7.72. The Morgan fingerprint density at radius 3 is 2.61 bits per heavy atom. The lowest BCUT2D eigenvalue weighted by Gasteiger charge is -2.09. The predicted molar refractivity (Wildman–Crippen MR) is 112 cm³/mol. The highest BCUT2D eigenvalue weighted by molar-refractivity contribution is 7.90. The molecule has 0 aliphatic rings. The fraction of sp³-hybridized carbons (Fsp3) is 0.150. The molecule has 0 aliphatic heterocycles. The monoisotopic (exact) mass is 464 g/mol. The molecular formula is C20H15ClF2N4O3S. The number of sulfone groups is 1. The molecule has 2 aromatic carbocycles. The van der Waals surface area contributed by atoms with E-state index in [2.05, 4.69) is 20.2 Å². The first kappa shape index (κ1) is 21.1. The average molecular weight is 465 g/mol. The Labute approximate surface area is 181 Å². The molecule has 0 radical (unpaired) electrons. The molecule has 0 bridgehead atoms. The highest BCUT2D eigenvalue weighted by atomic mass is 35.5. The molecule has 0 amide bonds. The van der Waals surface area contributed by atoms with Crippen LogP contribution in [0, 0.1) is 11.6 Å². The van der Waals surface area contributed by atoms with E-state index in [0.717, 1.165) is 12.1 Å². The Kier molecular flexibility index (Phi) is 5.59. The van der Waals surface area contributed by atoms with Gasteiger partial charge in [0.25, 0.3) is 0 Å². The van der Waals surface area contributed by atoms with E-state index in [0.29, 0.717) is 27.7 Å². The van der Waals surface area contributed by atoms with Crippen molar-refractivity contribution in [2.24, 2.45) is 0 Å². The standard InChI is InChI=1S/C20H15ClF2N4O3S/c1-2-31(28,29)10-15-17-18(12-5-3-4-6-13(12)21)26-27-19(17)25-20(24-15)30-16-8-7-11(22)9-14(16)23/h3-9H,2,10H2,1H3,(H,24,25,26,27). The molecule has 2 aromatic heterocycles. The summed E-state index contributed by atoms with van der Waals surface area (Å²) < 4.78 is 57.2. The van der Waals surface area contributed by atoms with Crippen molar-refractivity contribution in [3.8, 4) is 23.0 Å². The number of nitrogens with one attached hydrogen (secondary N) is 1. The molecule has 0 unspecified atom stereocenters. The van der Waals surface area contributed by atoms with Crippen LogP contribution in [0.3, 0.4) is 0 Å². The zero-order valence-electron chi connectivity index (χ0n) is 16.1. The maximum atomic E-state index is 14.0. The number of benzene rings is 2. The first-order chi connectivity index (χ1) is 14.8. The number of rotatable bonds is 6. The van der Waals surface area contributed by atoms with E-state index in [4.69, 9.17) is 16.3 Å². The van der Waals surface area contributed by atoms with Crippen LogP contribution in [-0.2, 0) is 15.6 Å². The number of hydrogen-bond donors (Lipinski definition) is 1. The number of aromatic nitrogens is 4. The highest BCUT2D eigenvalue weighted by Crippen LogP contribution is 2.34. The van der Waals surface area contributed by atoms with Crippen LogP contribution >= 0.6 is 11.6 Å². The van der Waals surface area contributed by atoms with Crippen molar-refractivity contribution in [1.82, 2.24) is 20.2 Å². The van der Waals surface area contributed by atoms with E-state index < -0.39 is 27.2 Å². The molecule has 0 aliphatic carbocycles. The van der Waals surface area contributed by atoms with Gasteiger partial charge in [0.05, 0.1) is 22.5 Å². The van der Waals surface area contributed by atoms with Gasteiger partial charge in [0, 0.05) is 22.4 Å². The number of aromatic amines is 1. The van der Waals surface area contributed by atoms with Gasteiger partial charge in [-0.15, -0.1) is 0 Å². The average Bonchev–Trinajstić information content (AvgIpc) is 3.14. The Morgan fingerprint density at radius 2 is 1.90 bits per heavy atom. The minimum Gasteiger partial charge on any atom is -0.421 e. The summed E-state index contributed by atoms with van der Waals surface area (Å²) in [5.41, 5.74) is 1.27. The molecule has 4 aromatic rings. The van der Waals surface area contributed by atoms with E-state index >= 15 is 0 Å². The van der Waals surface area contributed by atoms with Crippen molar-refractivity contribution in [3.63, 3.8) is 0 Å². The van der Waals surface area contributed by atoms with Gasteiger partial charge in [0.2, 0.25) is 0 Å². The fourth-order valence-electron chi connectivity index (χ4n) is 2.95. The molecule has 11 heteroatoms. The number of halogens is 3. The second-order valence-electron chi connectivity index (χ2n) is 6.58. The number of nitrogens with zero attached hydrogens (tertiary/aromatic N) is 3. The quantitative estimate of drug-likeness (QED) is 0.445. The molecule has 1 N–H and O–H groups in total. The van der Waals surface area contributed by atoms with E-state index in [1.807, 2.05) is 0 Å². The molecule has 4 rings (SSSR count). The van der Waals surface area contributed by atoms with Crippen molar-refractivity contribution in [2.75, 3.05) is 5.75 Å². The lowest BCUT2D eigenvalue weighted by molar-refractivity contribution is 0.408. The molecule has 0 saturated carbocycles. The Hall–Kier alpha value is -3.11. The summed E-state index contributed by atoms with van der Waals surface area (Å²) in [6, 6.07) is 9.38. The third-order valence-electron chi connectivity index (χ3n) is 4.50. The molecule has 0 atom stereocenters. The number of fused-ring (bicyclic) bond motifs is 1. The molecule has 0 spiro atoms. The van der Waals surface area contributed by atoms with E-state index in [9.17, 15) is 17.2 Å². The summed E-state index contributed by atoms with van der Waals surface area (Å²) in [5.74, 6) is -2.56. The van der Waals surface area contributed by atoms with Crippen molar-refractivity contribution in [3.05, 3.63) is 64.8 Å². The highest BCUT2D eigenvalue weighted by Gasteiger charge is 2.22. The van der Waals surface area contributed by atoms with Crippen LogP contribution in [0.2, 0.25) is 5.02 Å². The van der Waals surface area contributed by atoms with Gasteiger partial charge in [0.1, 0.15) is 5.82 Å². The molecule has 2 heterocycles. The van der Waals surface area contributed by atoms with Gasteiger partial charge in [-0.2, -0.15) is 15.1 Å². The molecular weight excluding hydrogens is 450 g/mol. The third-order valence-corrected chi connectivity index (χ3v) is 6.43. The maximum Gasteiger partial charge on any atom is 0.324 e. The van der Waals surface area contributed by atoms with Gasteiger partial charge < -0.3 is 4.74 Å². The lowest BCUT2D eigenvalue weighted by Crippen LogP contribution is -2.09. The minimum absolute atomic E-state index is 0.111. The van der Waals surface area contributed by atoms with Crippen LogP contribution in [-0.4, -0.2) is 34.3 Å². The van der Waals surface area contributed by atoms with Crippen LogP contribution in [0.1, 0.15) is 12.6 Å².